The monoisotopic (exact) mass is 749 g/mol. The van der Waals surface area contributed by atoms with Crippen LogP contribution < -0.4 is 25.0 Å². The van der Waals surface area contributed by atoms with Crippen molar-refractivity contribution in [3.63, 3.8) is 0 Å². The van der Waals surface area contributed by atoms with Gasteiger partial charge in [-0.3, -0.25) is 5.41 Å². The number of aliphatic hydroxyl groups is 1. The molecule has 0 aliphatic carbocycles. The van der Waals surface area contributed by atoms with Crippen molar-refractivity contribution < 1.29 is 65.1 Å². The number of hydrogen-bond acceptors (Lipinski definition) is 9. The molecule has 1 atom stereocenters. The van der Waals surface area contributed by atoms with E-state index >= 15 is 4.39 Å². The van der Waals surface area contributed by atoms with Crippen LogP contribution in [-0.4, -0.2) is 82.3 Å². The number of nitrogens with two attached hydrogens (primary N) is 1. The third kappa shape index (κ3) is 12.8. The molecule has 2 aromatic carbocycles. The first kappa shape index (κ1) is 42.8. The zero-order valence-corrected chi connectivity index (χ0v) is 28.1. The summed E-state index contributed by atoms with van der Waals surface area (Å²) in [5, 5.41) is 31.8. The zero-order valence-electron chi connectivity index (χ0n) is 28.1. The number of nitrogens with one attached hydrogen (secondary N) is 1. The summed E-state index contributed by atoms with van der Waals surface area (Å²) in [6.07, 6.45) is -8.47. The van der Waals surface area contributed by atoms with E-state index < -0.39 is 30.1 Å². The maximum absolute atomic E-state index is 16.0. The molecule has 3 aromatic rings. The fraction of sp³-hybridized carbons (Fsp3) is 0.394. The fourth-order valence-electron chi connectivity index (χ4n) is 4.69. The number of nitrogen functional groups attached to an aromatic ring is 1. The van der Waals surface area contributed by atoms with E-state index in [2.05, 4.69) is 4.90 Å². The Hall–Kier alpha value is -5.33. The van der Waals surface area contributed by atoms with Crippen molar-refractivity contribution in [2.45, 2.75) is 64.7 Å². The van der Waals surface area contributed by atoms with Crippen molar-refractivity contribution in [3.8, 4) is 11.5 Å². The molecule has 0 radical (unpaired) electrons. The van der Waals surface area contributed by atoms with Gasteiger partial charge in [-0.05, 0) is 70.0 Å². The molecule has 286 valence electrons. The molecule has 52 heavy (non-hydrogen) atoms. The summed E-state index contributed by atoms with van der Waals surface area (Å²) in [5.74, 6) is -4.67. The Bertz CT molecular complexity index is 1630. The summed E-state index contributed by atoms with van der Waals surface area (Å²) >= 11 is 0. The molecule has 4 rings (SSSR count). The highest BCUT2D eigenvalue weighted by atomic mass is 19.4. The van der Waals surface area contributed by atoms with Crippen LogP contribution in [0, 0.1) is 11.2 Å². The molecule has 2 heterocycles. The summed E-state index contributed by atoms with van der Waals surface area (Å²) in [5.41, 5.74) is 7.94. The highest BCUT2D eigenvalue weighted by Gasteiger charge is 2.39. The number of carbonyl (C=O) groups is 2. The first-order valence-electron chi connectivity index (χ1n) is 15.5. The van der Waals surface area contributed by atoms with Gasteiger partial charge in [0.2, 0.25) is 0 Å². The number of hydrogen-bond donors (Lipinski definition) is 5. The Morgan fingerprint density at radius 1 is 1.04 bits per heavy atom. The number of halogens is 7. The minimum Gasteiger partial charge on any atom is -0.494 e. The first-order chi connectivity index (χ1) is 24.2. The molecule has 1 aromatic heterocycles. The summed E-state index contributed by atoms with van der Waals surface area (Å²) in [6.45, 7) is 7.16. The molecule has 0 unspecified atom stereocenters. The quantitative estimate of drug-likeness (QED) is 0.0848. The fourth-order valence-corrected chi connectivity index (χ4v) is 4.69. The summed E-state index contributed by atoms with van der Waals surface area (Å²) in [7, 11) is 0. The minimum atomic E-state index is -5.08. The van der Waals surface area contributed by atoms with Crippen LogP contribution in [0.15, 0.2) is 54.6 Å². The number of carboxylic acids is 2. The maximum atomic E-state index is 16.0. The number of amidine groups is 1. The number of pyridine rings is 1. The van der Waals surface area contributed by atoms with E-state index in [4.69, 9.17) is 45.4 Å². The number of benzene rings is 2. The molecular weight excluding hydrogens is 711 g/mol. The van der Waals surface area contributed by atoms with Crippen molar-refractivity contribution in [2.75, 3.05) is 29.6 Å². The standard InChI is InChI=1S/C29H36FN5O3.2C2HF3O2/c1-4-37-24-15-25(28(30)26(16-24)38-19(2)3)35(22-12-10-20(11-13-22)29(31)32)17-21-7-5-9-27(33-21)34-14-6-8-23(34)18-36;2*3-2(4,5)1(6)7/h5,7,9-13,15-16,19,23,36H,4,6,8,14,17-18H2,1-3H3,(H3,31,32);2*(H,6,7)/t23-;;/m0../s1. The Morgan fingerprint density at radius 3 is 2.10 bits per heavy atom. The molecular formula is C33H38F7N5O7. The van der Waals surface area contributed by atoms with Crippen LogP contribution in [0.4, 0.5) is 47.9 Å². The van der Waals surface area contributed by atoms with E-state index in [0.717, 1.165) is 30.9 Å². The van der Waals surface area contributed by atoms with Crippen LogP contribution in [0.5, 0.6) is 11.5 Å². The van der Waals surface area contributed by atoms with Gasteiger partial charge in [0.05, 0.1) is 43.3 Å². The lowest BCUT2D eigenvalue weighted by atomic mass is 10.1. The number of anilines is 3. The Morgan fingerprint density at radius 2 is 1.62 bits per heavy atom. The third-order valence-corrected chi connectivity index (χ3v) is 6.93. The van der Waals surface area contributed by atoms with Crippen LogP contribution in [0.2, 0.25) is 0 Å². The second-order valence-electron chi connectivity index (χ2n) is 11.2. The van der Waals surface area contributed by atoms with Gasteiger partial charge in [-0.1, -0.05) is 6.07 Å². The Balaban J connectivity index is 0.000000564. The van der Waals surface area contributed by atoms with Crippen LogP contribution in [0.3, 0.4) is 0 Å². The predicted octanol–water partition coefficient (Wildman–Crippen LogP) is 6.26. The molecule has 19 heteroatoms. The molecule has 1 fully saturated rings. The van der Waals surface area contributed by atoms with Gasteiger partial charge >= 0.3 is 24.3 Å². The van der Waals surface area contributed by atoms with Crippen molar-refractivity contribution >= 4 is 35.0 Å². The van der Waals surface area contributed by atoms with E-state index in [1.807, 2.05) is 43.9 Å². The van der Waals surface area contributed by atoms with E-state index in [9.17, 15) is 31.4 Å². The number of alkyl halides is 6. The third-order valence-electron chi connectivity index (χ3n) is 6.93. The smallest absolute Gasteiger partial charge is 0.490 e. The summed E-state index contributed by atoms with van der Waals surface area (Å²) < 4.78 is 91.0. The topological polar surface area (TPSA) is 183 Å². The molecule has 0 bridgehead atoms. The minimum absolute atomic E-state index is 0.0429. The van der Waals surface area contributed by atoms with Gasteiger partial charge in [-0.2, -0.15) is 26.3 Å². The van der Waals surface area contributed by atoms with E-state index in [1.54, 1.807) is 36.4 Å². The molecule has 6 N–H and O–H groups in total. The van der Waals surface area contributed by atoms with Crippen LogP contribution in [-0.2, 0) is 16.1 Å². The van der Waals surface area contributed by atoms with E-state index in [1.165, 1.54) is 0 Å². The average molecular weight is 750 g/mol. The first-order valence-corrected chi connectivity index (χ1v) is 15.5. The lowest BCUT2D eigenvalue weighted by molar-refractivity contribution is -0.193. The predicted molar refractivity (Wildman–Crippen MR) is 176 cm³/mol. The zero-order chi connectivity index (χ0) is 39.4. The molecule has 0 amide bonds. The van der Waals surface area contributed by atoms with Gasteiger partial charge in [0, 0.05) is 29.9 Å². The van der Waals surface area contributed by atoms with Crippen LogP contribution in [0.25, 0.3) is 0 Å². The van der Waals surface area contributed by atoms with Gasteiger partial charge in [-0.25, -0.2) is 19.0 Å². The molecule has 1 saturated heterocycles. The SMILES string of the molecule is CCOc1cc(OC(C)C)c(F)c(N(Cc2cccc(N3CCC[C@H]3CO)n2)c2ccc(C(=N)N)cc2)c1.O=C(O)C(F)(F)F.O=C(O)C(F)(F)F. The largest absolute Gasteiger partial charge is 0.494 e. The maximum Gasteiger partial charge on any atom is 0.490 e. The number of ether oxygens (including phenoxy) is 2. The van der Waals surface area contributed by atoms with Gasteiger partial charge in [-0.15, -0.1) is 0 Å². The van der Waals surface area contributed by atoms with Crippen molar-refractivity contribution in [3.05, 3.63) is 71.7 Å². The van der Waals surface area contributed by atoms with E-state index in [0.29, 0.717) is 23.6 Å². The second-order valence-corrected chi connectivity index (χ2v) is 11.2. The number of nitrogens with zero attached hydrogens (tertiary/aromatic N) is 3. The number of aromatic nitrogens is 1. The lowest BCUT2D eigenvalue weighted by Gasteiger charge is -2.28. The van der Waals surface area contributed by atoms with Crippen LogP contribution in [0.1, 0.15) is 44.9 Å². The van der Waals surface area contributed by atoms with Crippen molar-refractivity contribution in [1.82, 2.24) is 4.98 Å². The van der Waals surface area contributed by atoms with Gasteiger partial charge in [0.1, 0.15) is 17.4 Å². The molecule has 0 saturated carbocycles. The highest BCUT2D eigenvalue weighted by Crippen LogP contribution is 2.38. The number of rotatable bonds is 11. The number of aliphatic carboxylic acids is 2. The molecule has 1 aliphatic heterocycles. The van der Waals surface area contributed by atoms with Crippen molar-refractivity contribution in [1.29, 1.82) is 5.41 Å². The lowest BCUT2D eigenvalue weighted by Crippen LogP contribution is -2.33. The van der Waals surface area contributed by atoms with Crippen molar-refractivity contribution in [2.24, 2.45) is 5.73 Å². The molecule has 0 spiro atoms. The van der Waals surface area contributed by atoms with E-state index in [-0.39, 0.29) is 42.6 Å². The average Bonchev–Trinajstić information content (AvgIpc) is 3.54. The van der Waals surface area contributed by atoms with Gasteiger partial charge in [0.15, 0.2) is 11.6 Å². The molecule has 12 nitrogen and oxygen atoms in total. The van der Waals surface area contributed by atoms with Gasteiger partial charge < -0.3 is 40.3 Å². The molecule has 1 aliphatic rings. The normalized spacial score (nSPS) is 14.1. The highest BCUT2D eigenvalue weighted by molar-refractivity contribution is 5.95. The number of aliphatic hydroxyl groups excluding tert-OH is 1. The second kappa shape index (κ2) is 18.8. The Kier molecular flexibility index (Phi) is 15.5. The Labute approximate surface area is 293 Å². The van der Waals surface area contributed by atoms with Gasteiger partial charge in [0.25, 0.3) is 0 Å². The summed E-state index contributed by atoms with van der Waals surface area (Å²) in [6, 6.07) is 16.1. The summed E-state index contributed by atoms with van der Waals surface area (Å²) in [4.78, 5) is 26.6. The number of carboxylic acid groups (broad SMARTS) is 2. The van der Waals surface area contributed by atoms with Crippen LogP contribution >= 0.6 is 0 Å².